The van der Waals surface area contributed by atoms with E-state index >= 15 is 0 Å². The lowest BCUT2D eigenvalue weighted by molar-refractivity contribution is 0.201. The van der Waals surface area contributed by atoms with Crippen molar-refractivity contribution in [3.8, 4) is 0 Å². The summed E-state index contributed by atoms with van der Waals surface area (Å²) < 4.78 is 27.3. The molecule has 1 aliphatic heterocycles. The molecule has 1 unspecified atom stereocenters. The first-order valence-corrected chi connectivity index (χ1v) is 9.68. The van der Waals surface area contributed by atoms with Crippen LogP contribution in [0, 0.1) is 11.6 Å². The summed E-state index contributed by atoms with van der Waals surface area (Å²) in [5.41, 5.74) is 0.390. The topological polar surface area (TPSA) is 32.3 Å². The Morgan fingerprint density at radius 2 is 2.17 bits per heavy atom. The zero-order chi connectivity index (χ0) is 16.9. The van der Waals surface area contributed by atoms with Gasteiger partial charge in [0.25, 0.3) is 0 Å². The predicted molar refractivity (Wildman–Crippen MR) is 94.3 cm³/mol. The summed E-state index contributed by atoms with van der Waals surface area (Å²) in [6.07, 6.45) is 0.609. The van der Waals surface area contributed by atoms with Gasteiger partial charge in [0.1, 0.15) is 11.6 Å². The third-order valence-electron chi connectivity index (χ3n) is 3.93. The number of halogens is 2. The average molecular weight is 368 g/mol. The zero-order valence-electron chi connectivity index (χ0n) is 13.0. The fourth-order valence-electron chi connectivity index (χ4n) is 2.67. The minimum absolute atomic E-state index is 0.107. The predicted octanol–water partition coefficient (Wildman–Crippen LogP) is 4.42. The Morgan fingerprint density at radius 3 is 2.96 bits per heavy atom. The van der Waals surface area contributed by atoms with Crippen LogP contribution in [0.25, 0.3) is 0 Å². The number of rotatable bonds is 3. The van der Waals surface area contributed by atoms with Crippen molar-refractivity contribution in [2.24, 2.45) is 0 Å². The number of nitrogens with one attached hydrogen (secondary N) is 1. The van der Waals surface area contributed by atoms with E-state index in [0.717, 1.165) is 10.9 Å². The Labute approximate surface area is 148 Å². The van der Waals surface area contributed by atoms with E-state index in [1.807, 2.05) is 17.5 Å². The number of hydrogen-bond donors (Lipinski definition) is 1. The van der Waals surface area contributed by atoms with Crippen molar-refractivity contribution in [1.29, 1.82) is 0 Å². The molecular weight excluding hydrogens is 350 g/mol. The molecule has 1 saturated heterocycles. The maximum Gasteiger partial charge on any atom is 0.317 e. The summed E-state index contributed by atoms with van der Waals surface area (Å²) >= 11 is 3.17. The van der Waals surface area contributed by atoms with Gasteiger partial charge in [0.2, 0.25) is 0 Å². The van der Waals surface area contributed by atoms with Crippen LogP contribution in [0.15, 0.2) is 35.7 Å². The summed E-state index contributed by atoms with van der Waals surface area (Å²) in [5, 5.41) is 4.76. The van der Waals surface area contributed by atoms with Crippen LogP contribution in [0.2, 0.25) is 0 Å². The Bertz CT molecular complexity index is 694. The molecule has 1 fully saturated rings. The lowest BCUT2D eigenvalue weighted by Gasteiger charge is -2.20. The number of carbonyl (C=O) groups excluding carboxylic acids is 1. The minimum atomic E-state index is -0.429. The van der Waals surface area contributed by atoms with E-state index in [2.05, 4.69) is 5.32 Å². The van der Waals surface area contributed by atoms with Gasteiger partial charge >= 0.3 is 6.03 Å². The number of benzene rings is 1. The van der Waals surface area contributed by atoms with E-state index in [-0.39, 0.29) is 17.1 Å². The summed E-state index contributed by atoms with van der Waals surface area (Å²) in [4.78, 5) is 15.1. The zero-order valence-corrected chi connectivity index (χ0v) is 14.6. The second-order valence-corrected chi connectivity index (χ2v) is 7.88. The maximum absolute atomic E-state index is 13.9. The Kier molecular flexibility index (Phi) is 5.73. The molecule has 1 aliphatic rings. The highest BCUT2D eigenvalue weighted by molar-refractivity contribution is 7.99. The monoisotopic (exact) mass is 368 g/mol. The number of thiophene rings is 1. The highest BCUT2D eigenvalue weighted by atomic mass is 32.2. The largest absolute Gasteiger partial charge is 0.333 e. The van der Waals surface area contributed by atoms with Crippen molar-refractivity contribution in [2.75, 3.05) is 18.8 Å². The van der Waals surface area contributed by atoms with Crippen LogP contribution in [0.3, 0.4) is 0 Å². The second kappa shape index (κ2) is 7.98. The van der Waals surface area contributed by atoms with Crippen LogP contribution < -0.4 is 5.32 Å². The number of thioether (sulfide) groups is 1. The van der Waals surface area contributed by atoms with E-state index in [1.165, 1.54) is 12.1 Å². The third-order valence-corrected chi connectivity index (χ3v) is 6.11. The van der Waals surface area contributed by atoms with E-state index in [1.54, 1.807) is 28.0 Å². The molecule has 128 valence electrons. The van der Waals surface area contributed by atoms with Crippen molar-refractivity contribution in [3.05, 3.63) is 57.8 Å². The van der Waals surface area contributed by atoms with Crippen molar-refractivity contribution in [3.63, 3.8) is 0 Å². The van der Waals surface area contributed by atoms with Crippen LogP contribution in [0.4, 0.5) is 13.6 Å². The molecule has 0 spiro atoms. The third kappa shape index (κ3) is 4.27. The molecule has 3 rings (SSSR count). The molecular formula is C17H18F2N2OS2. The van der Waals surface area contributed by atoms with Gasteiger partial charge in [-0.3, -0.25) is 0 Å². The highest BCUT2D eigenvalue weighted by Gasteiger charge is 2.24. The number of hydrogen-bond acceptors (Lipinski definition) is 3. The number of nitrogens with zero attached hydrogens (tertiary/aromatic N) is 1. The molecule has 1 N–H and O–H groups in total. The molecule has 0 saturated carbocycles. The van der Waals surface area contributed by atoms with Gasteiger partial charge in [0.15, 0.2) is 0 Å². The molecule has 0 radical (unpaired) electrons. The Balaban J connectivity index is 1.58. The lowest BCUT2D eigenvalue weighted by atomic mass is 10.1. The van der Waals surface area contributed by atoms with Gasteiger partial charge < -0.3 is 10.2 Å². The van der Waals surface area contributed by atoms with E-state index in [4.69, 9.17) is 0 Å². The molecule has 1 aromatic carbocycles. The van der Waals surface area contributed by atoms with Crippen LogP contribution in [-0.2, 0) is 6.54 Å². The van der Waals surface area contributed by atoms with Gasteiger partial charge in [-0.05, 0) is 36.1 Å². The fourth-order valence-corrected chi connectivity index (χ4v) is 4.56. The van der Waals surface area contributed by atoms with Crippen LogP contribution in [0.5, 0.6) is 0 Å². The molecule has 7 heteroatoms. The first-order chi connectivity index (χ1) is 11.6. The van der Waals surface area contributed by atoms with E-state index in [9.17, 15) is 13.6 Å². The van der Waals surface area contributed by atoms with Crippen molar-refractivity contribution in [2.45, 2.75) is 18.2 Å². The molecule has 2 amide bonds. The van der Waals surface area contributed by atoms with Gasteiger partial charge in [-0.25, -0.2) is 13.6 Å². The van der Waals surface area contributed by atoms with Crippen molar-refractivity contribution < 1.29 is 13.6 Å². The lowest BCUT2D eigenvalue weighted by Crippen LogP contribution is -2.40. The second-order valence-electron chi connectivity index (χ2n) is 5.54. The molecule has 1 atom stereocenters. The molecule has 2 heterocycles. The van der Waals surface area contributed by atoms with Crippen molar-refractivity contribution in [1.82, 2.24) is 10.2 Å². The van der Waals surface area contributed by atoms with Gasteiger partial charge in [0.05, 0.1) is 6.54 Å². The van der Waals surface area contributed by atoms with Gasteiger partial charge in [-0.1, -0.05) is 6.07 Å². The standard InChI is InChI=1S/C17H18F2N2OS2/c18-12-3-4-15(19)14(10-12)16-5-6-21(7-9-24-16)17(22)20-11-13-2-1-8-23-13/h1-4,8,10,16H,5-7,9,11H2,(H,20,22). The highest BCUT2D eigenvalue weighted by Crippen LogP contribution is 2.36. The molecule has 1 aromatic heterocycles. The molecule has 24 heavy (non-hydrogen) atoms. The normalized spacial score (nSPS) is 18.2. The minimum Gasteiger partial charge on any atom is -0.333 e. The summed E-state index contributed by atoms with van der Waals surface area (Å²) in [5.74, 6) is -0.112. The van der Waals surface area contributed by atoms with Crippen LogP contribution >= 0.6 is 23.1 Å². The quantitative estimate of drug-likeness (QED) is 0.870. The van der Waals surface area contributed by atoms with E-state index in [0.29, 0.717) is 37.4 Å². The average Bonchev–Trinajstić information content (AvgIpc) is 2.98. The molecule has 2 aromatic rings. The Morgan fingerprint density at radius 1 is 1.29 bits per heavy atom. The maximum atomic E-state index is 13.9. The molecule has 3 nitrogen and oxygen atoms in total. The first kappa shape index (κ1) is 17.2. The van der Waals surface area contributed by atoms with E-state index < -0.39 is 5.82 Å². The summed E-state index contributed by atoms with van der Waals surface area (Å²) in [7, 11) is 0. The summed E-state index contributed by atoms with van der Waals surface area (Å²) in [6.45, 7) is 1.65. The SMILES string of the molecule is O=C(NCc1cccs1)N1CCSC(c2cc(F)ccc2F)CC1. The molecule has 0 bridgehead atoms. The number of amides is 2. The number of carbonyl (C=O) groups is 1. The van der Waals surface area contributed by atoms with Gasteiger partial charge in [-0.15, -0.1) is 11.3 Å². The smallest absolute Gasteiger partial charge is 0.317 e. The number of urea groups is 1. The fraction of sp³-hybridized carbons (Fsp3) is 0.353. The van der Waals surface area contributed by atoms with Crippen molar-refractivity contribution >= 4 is 29.1 Å². The van der Waals surface area contributed by atoms with Crippen LogP contribution in [0.1, 0.15) is 22.1 Å². The Hall–Kier alpha value is -1.60. The van der Waals surface area contributed by atoms with Gasteiger partial charge in [-0.2, -0.15) is 11.8 Å². The molecule has 0 aliphatic carbocycles. The van der Waals surface area contributed by atoms with Gasteiger partial charge in [0, 0.05) is 34.5 Å². The van der Waals surface area contributed by atoms with Crippen LogP contribution in [-0.4, -0.2) is 29.8 Å². The summed E-state index contributed by atoms with van der Waals surface area (Å²) in [6, 6.07) is 7.38. The first-order valence-electron chi connectivity index (χ1n) is 7.75.